The number of rotatable bonds is 1. The molecule has 0 saturated carbocycles. The highest BCUT2D eigenvalue weighted by Crippen LogP contribution is 2.32. The van der Waals surface area contributed by atoms with Crippen LogP contribution in [0, 0.1) is 23.7 Å². The molecule has 2 aliphatic rings. The number of aromatic nitrogens is 1. The summed E-state index contributed by atoms with van der Waals surface area (Å²) in [5.41, 5.74) is 2.82. The van der Waals surface area contributed by atoms with Gasteiger partial charge in [0.1, 0.15) is 18.9 Å². The first-order valence-electron chi connectivity index (χ1n) is 14.0. The largest absolute Gasteiger partial charge is 0.491 e. The molecule has 4 bridgehead atoms. The van der Waals surface area contributed by atoms with E-state index in [4.69, 9.17) is 14.2 Å². The highest BCUT2D eigenvalue weighted by atomic mass is 19.4. The molecule has 0 amide bonds. The molecular formula is C31H36F3N3O3. The fourth-order valence-corrected chi connectivity index (χ4v) is 5.60. The molecule has 3 heterocycles. The van der Waals surface area contributed by atoms with Crippen molar-refractivity contribution >= 4 is 16.6 Å². The molecule has 6 nitrogen and oxygen atoms in total. The van der Waals surface area contributed by atoms with Gasteiger partial charge in [0.15, 0.2) is 0 Å². The van der Waals surface area contributed by atoms with Gasteiger partial charge in [0.05, 0.1) is 32.1 Å². The minimum absolute atomic E-state index is 0.281. The predicted molar refractivity (Wildman–Crippen MR) is 150 cm³/mol. The van der Waals surface area contributed by atoms with E-state index >= 15 is 0 Å². The van der Waals surface area contributed by atoms with Crippen molar-refractivity contribution in [1.29, 1.82) is 0 Å². The molecule has 9 heteroatoms. The van der Waals surface area contributed by atoms with E-state index in [1.54, 1.807) is 6.07 Å². The quantitative estimate of drug-likeness (QED) is 0.402. The number of fused-ring (bicyclic) bond motifs is 4. The van der Waals surface area contributed by atoms with Crippen LogP contribution in [0.1, 0.15) is 24.1 Å². The van der Waals surface area contributed by atoms with Crippen LogP contribution in [0.4, 0.5) is 18.9 Å². The van der Waals surface area contributed by atoms with E-state index in [0.29, 0.717) is 61.8 Å². The van der Waals surface area contributed by atoms with Gasteiger partial charge >= 0.3 is 6.18 Å². The van der Waals surface area contributed by atoms with E-state index in [-0.39, 0.29) is 6.54 Å². The van der Waals surface area contributed by atoms with E-state index in [2.05, 4.69) is 22.5 Å². The van der Waals surface area contributed by atoms with Gasteiger partial charge in [-0.3, -0.25) is 0 Å². The lowest BCUT2D eigenvalue weighted by Gasteiger charge is -2.32. The average Bonchev–Trinajstić information content (AvgIpc) is 3.27. The first kappa shape index (κ1) is 28.3. The molecule has 2 N–H and O–H groups in total. The lowest BCUT2D eigenvalue weighted by atomic mass is 9.80. The maximum absolute atomic E-state index is 13.6. The molecule has 0 spiro atoms. The van der Waals surface area contributed by atoms with Crippen molar-refractivity contribution in [1.82, 2.24) is 9.88 Å². The second kappa shape index (κ2) is 13.4. The van der Waals surface area contributed by atoms with E-state index in [0.717, 1.165) is 49.0 Å². The topological polar surface area (TPSA) is 56.7 Å². The number of halogens is 3. The van der Waals surface area contributed by atoms with Crippen LogP contribution in [-0.4, -0.2) is 63.4 Å². The Morgan fingerprint density at radius 3 is 2.62 bits per heavy atom. The van der Waals surface area contributed by atoms with Gasteiger partial charge in [0.25, 0.3) is 0 Å². The predicted octanol–water partition coefficient (Wildman–Crippen LogP) is 5.25. The number of nitrogens with zero attached hydrogens (tertiary/aromatic N) is 1. The summed E-state index contributed by atoms with van der Waals surface area (Å²) < 4.78 is 59.5. The standard InChI is InChI=1S/C31H36F3N3O3/c32-31(33,34)22-37-27-6-3-11-36-26-5-2-7-28(19-26)40-17-16-39-15-14-38-13-10-25-21-35-12-9-23(25)18-24-4-1-8-30(37)29(24)20-27/h1-2,4-5,7-8,19-20,23,25,35-36H,9-18,21-22H2. The van der Waals surface area contributed by atoms with Crippen molar-refractivity contribution in [2.45, 2.75) is 32.0 Å². The second-order valence-electron chi connectivity index (χ2n) is 10.3. The molecular weight excluding hydrogens is 519 g/mol. The van der Waals surface area contributed by atoms with Crippen molar-refractivity contribution < 1.29 is 27.4 Å². The number of anilines is 1. The Morgan fingerprint density at radius 2 is 1.75 bits per heavy atom. The number of ether oxygens (including phenoxy) is 3. The molecule has 2 aromatic carbocycles. The highest BCUT2D eigenvalue weighted by molar-refractivity contribution is 5.86. The van der Waals surface area contributed by atoms with Gasteiger partial charge in [-0.25, -0.2) is 0 Å². The Bertz CT molecular complexity index is 1330. The van der Waals surface area contributed by atoms with Gasteiger partial charge in [-0.05, 0) is 79.9 Å². The Morgan fingerprint density at radius 1 is 0.925 bits per heavy atom. The molecule has 3 aromatic rings. The van der Waals surface area contributed by atoms with Gasteiger partial charge in [-0.15, -0.1) is 0 Å². The number of nitrogens with one attached hydrogen (secondary N) is 2. The van der Waals surface area contributed by atoms with Crippen molar-refractivity contribution in [2.24, 2.45) is 11.8 Å². The number of hydrogen-bond donors (Lipinski definition) is 2. The van der Waals surface area contributed by atoms with E-state index in [9.17, 15) is 13.2 Å². The van der Waals surface area contributed by atoms with Gasteiger partial charge in [0, 0.05) is 29.3 Å². The zero-order valence-electron chi connectivity index (χ0n) is 22.6. The summed E-state index contributed by atoms with van der Waals surface area (Å²) >= 11 is 0. The number of benzene rings is 2. The molecule has 2 atom stereocenters. The molecule has 5 rings (SSSR count). The summed E-state index contributed by atoms with van der Waals surface area (Å²) in [4.78, 5) is 0. The van der Waals surface area contributed by atoms with Crippen molar-refractivity contribution in [3.63, 3.8) is 0 Å². The maximum atomic E-state index is 13.6. The number of alkyl halides is 3. The van der Waals surface area contributed by atoms with Crippen LogP contribution in [0.3, 0.4) is 0 Å². The first-order valence-corrected chi connectivity index (χ1v) is 14.0. The molecule has 0 aliphatic carbocycles. The fraction of sp³-hybridized carbons (Fsp3) is 0.484. The first-order chi connectivity index (χ1) is 19.5. The average molecular weight is 556 g/mol. The molecule has 2 aliphatic heterocycles. The van der Waals surface area contributed by atoms with Crippen LogP contribution in [0.5, 0.6) is 5.75 Å². The molecule has 2 unspecified atom stereocenters. The third-order valence-electron chi connectivity index (χ3n) is 7.55. The summed E-state index contributed by atoms with van der Waals surface area (Å²) in [7, 11) is 0. The summed E-state index contributed by atoms with van der Waals surface area (Å²) in [6.45, 7) is 3.63. The molecule has 1 saturated heterocycles. The lowest BCUT2D eigenvalue weighted by Crippen LogP contribution is -2.38. The Hall–Kier alpha value is -3.19. The molecule has 40 heavy (non-hydrogen) atoms. The van der Waals surface area contributed by atoms with E-state index in [1.807, 2.05) is 42.5 Å². The SMILES string of the molecule is FC(F)(F)Cn1c2cc3c(cccc31)CC1CCNCC1CCOCCOCCOc1cccc(c1)NCC#C2. The lowest BCUT2D eigenvalue weighted by molar-refractivity contribution is -0.140. The maximum Gasteiger partial charge on any atom is 0.406 e. The normalized spacial score (nSPS) is 21.5. The van der Waals surface area contributed by atoms with Crippen molar-refractivity contribution in [3.8, 4) is 17.6 Å². The van der Waals surface area contributed by atoms with Crippen LogP contribution >= 0.6 is 0 Å². The highest BCUT2D eigenvalue weighted by Gasteiger charge is 2.30. The van der Waals surface area contributed by atoms with Crippen LogP contribution in [0.25, 0.3) is 10.9 Å². The van der Waals surface area contributed by atoms with E-state index in [1.165, 1.54) is 4.57 Å². The van der Waals surface area contributed by atoms with Gasteiger partial charge in [-0.1, -0.05) is 24.1 Å². The Balaban J connectivity index is 1.44. The third kappa shape index (κ3) is 7.72. The van der Waals surface area contributed by atoms with Crippen LogP contribution in [0.2, 0.25) is 0 Å². The van der Waals surface area contributed by atoms with Gasteiger partial charge in [0.2, 0.25) is 0 Å². The minimum atomic E-state index is -4.36. The Kier molecular flexibility index (Phi) is 9.53. The zero-order valence-corrected chi connectivity index (χ0v) is 22.6. The van der Waals surface area contributed by atoms with Crippen LogP contribution in [0.15, 0.2) is 48.5 Å². The smallest absolute Gasteiger partial charge is 0.406 e. The molecule has 0 radical (unpaired) electrons. The molecule has 214 valence electrons. The van der Waals surface area contributed by atoms with Crippen LogP contribution < -0.4 is 15.4 Å². The van der Waals surface area contributed by atoms with Crippen LogP contribution in [-0.2, 0) is 22.4 Å². The zero-order chi connectivity index (χ0) is 27.8. The Labute approximate surface area is 233 Å². The van der Waals surface area contributed by atoms with Gasteiger partial charge < -0.3 is 29.4 Å². The summed E-state index contributed by atoms with van der Waals surface area (Å²) in [6.07, 6.45) is -1.60. The summed E-state index contributed by atoms with van der Waals surface area (Å²) in [5.74, 6) is 7.57. The molecule has 1 aromatic heterocycles. The fourth-order valence-electron chi connectivity index (χ4n) is 5.60. The summed E-state index contributed by atoms with van der Waals surface area (Å²) in [5, 5.41) is 7.56. The third-order valence-corrected chi connectivity index (χ3v) is 7.55. The van der Waals surface area contributed by atoms with E-state index < -0.39 is 12.7 Å². The number of hydrogen-bond acceptors (Lipinski definition) is 5. The molecule has 1 fully saturated rings. The number of piperidine rings is 1. The van der Waals surface area contributed by atoms with Gasteiger partial charge in [-0.2, -0.15) is 13.2 Å². The van der Waals surface area contributed by atoms with Crippen molar-refractivity contribution in [3.05, 3.63) is 59.8 Å². The summed E-state index contributed by atoms with van der Waals surface area (Å²) in [6, 6.07) is 15.0. The monoisotopic (exact) mass is 555 g/mol. The second-order valence-corrected chi connectivity index (χ2v) is 10.3. The minimum Gasteiger partial charge on any atom is -0.491 e. The van der Waals surface area contributed by atoms with Crippen molar-refractivity contribution in [2.75, 3.05) is 58.0 Å².